The van der Waals surface area contributed by atoms with E-state index in [0.29, 0.717) is 17.4 Å². The van der Waals surface area contributed by atoms with E-state index in [2.05, 4.69) is 29.5 Å². The van der Waals surface area contributed by atoms with Gasteiger partial charge in [-0.3, -0.25) is 0 Å². The number of hydrogen-bond acceptors (Lipinski definition) is 3. The van der Waals surface area contributed by atoms with Crippen LogP contribution in [0, 0.1) is 5.92 Å². The molecule has 24 heavy (non-hydrogen) atoms. The van der Waals surface area contributed by atoms with Crippen LogP contribution in [0.3, 0.4) is 0 Å². The van der Waals surface area contributed by atoms with E-state index in [1.54, 1.807) is 12.1 Å². The van der Waals surface area contributed by atoms with Gasteiger partial charge in [-0.05, 0) is 43.4 Å². The summed E-state index contributed by atoms with van der Waals surface area (Å²) in [5.41, 5.74) is 0.983. The van der Waals surface area contributed by atoms with Crippen LogP contribution in [0.5, 0.6) is 0 Å². The Morgan fingerprint density at radius 1 is 1.17 bits per heavy atom. The number of sulfone groups is 1. The van der Waals surface area contributed by atoms with Crippen molar-refractivity contribution in [1.82, 2.24) is 10.6 Å². The Kier molecular flexibility index (Phi) is 11.3. The Morgan fingerprint density at radius 3 is 2.29 bits per heavy atom. The van der Waals surface area contributed by atoms with E-state index in [4.69, 9.17) is 0 Å². The molecular formula is C17H30IN3O2S. The summed E-state index contributed by atoms with van der Waals surface area (Å²) in [6, 6.07) is 6.87. The molecule has 7 heteroatoms. The first kappa shape index (κ1) is 23.2. The van der Waals surface area contributed by atoms with Crippen molar-refractivity contribution in [3.63, 3.8) is 0 Å². The van der Waals surface area contributed by atoms with Crippen molar-refractivity contribution in [2.75, 3.05) is 19.3 Å². The van der Waals surface area contributed by atoms with Gasteiger partial charge in [0.05, 0.1) is 11.4 Å². The number of hydrogen-bond donors (Lipinski definition) is 2. The molecule has 0 atom stereocenters. The van der Waals surface area contributed by atoms with Crippen LogP contribution in [0.4, 0.5) is 0 Å². The summed E-state index contributed by atoms with van der Waals surface area (Å²) in [5.74, 6) is 1.51. The Balaban J connectivity index is 0.00000529. The van der Waals surface area contributed by atoms with Crippen molar-refractivity contribution in [3.8, 4) is 0 Å². The van der Waals surface area contributed by atoms with Crippen molar-refractivity contribution in [2.24, 2.45) is 10.9 Å². The summed E-state index contributed by atoms with van der Waals surface area (Å²) in [4.78, 5) is 4.87. The van der Waals surface area contributed by atoms with Crippen LogP contribution in [-0.4, -0.2) is 33.7 Å². The van der Waals surface area contributed by atoms with Gasteiger partial charge in [-0.1, -0.05) is 26.0 Å². The lowest BCUT2D eigenvalue weighted by atomic mass is 10.1. The van der Waals surface area contributed by atoms with E-state index in [0.717, 1.165) is 31.0 Å². The lowest BCUT2D eigenvalue weighted by molar-refractivity contribution is 0.549. The van der Waals surface area contributed by atoms with Crippen molar-refractivity contribution in [1.29, 1.82) is 0 Å². The molecular weight excluding hydrogens is 437 g/mol. The normalized spacial score (nSPS) is 12.0. The molecule has 138 valence electrons. The molecule has 0 aliphatic rings. The van der Waals surface area contributed by atoms with Crippen molar-refractivity contribution in [2.45, 2.75) is 45.1 Å². The zero-order valence-electron chi connectivity index (χ0n) is 15.0. The average molecular weight is 467 g/mol. The Hall–Kier alpha value is -0.830. The van der Waals surface area contributed by atoms with Crippen LogP contribution in [0.25, 0.3) is 0 Å². The second kappa shape index (κ2) is 11.7. The van der Waals surface area contributed by atoms with Gasteiger partial charge in [0.25, 0.3) is 0 Å². The first-order valence-corrected chi connectivity index (χ1v) is 10.0. The fourth-order valence-electron chi connectivity index (χ4n) is 2.07. The van der Waals surface area contributed by atoms with Gasteiger partial charge in [0.2, 0.25) is 0 Å². The molecule has 0 aromatic heterocycles. The lowest BCUT2D eigenvalue weighted by Crippen LogP contribution is -2.37. The molecule has 0 radical (unpaired) electrons. The summed E-state index contributed by atoms with van der Waals surface area (Å²) in [6.07, 6.45) is 3.52. The summed E-state index contributed by atoms with van der Waals surface area (Å²) < 4.78 is 22.9. The lowest BCUT2D eigenvalue weighted by Gasteiger charge is -2.12. The first-order valence-electron chi connectivity index (χ1n) is 8.14. The molecule has 0 aliphatic heterocycles. The van der Waals surface area contributed by atoms with E-state index in [-0.39, 0.29) is 24.0 Å². The third kappa shape index (κ3) is 9.46. The molecule has 0 saturated heterocycles. The molecule has 5 nitrogen and oxygen atoms in total. The molecule has 2 N–H and O–H groups in total. The van der Waals surface area contributed by atoms with E-state index in [1.165, 1.54) is 12.7 Å². The molecule has 0 aliphatic carbocycles. The largest absolute Gasteiger partial charge is 0.357 e. The minimum atomic E-state index is -3.14. The maximum Gasteiger partial charge on any atom is 0.191 e. The third-order valence-corrected chi connectivity index (χ3v) is 4.49. The third-order valence-electron chi connectivity index (χ3n) is 3.37. The fourth-order valence-corrected chi connectivity index (χ4v) is 2.70. The summed E-state index contributed by atoms with van der Waals surface area (Å²) in [7, 11) is -3.14. The number of nitrogens with zero attached hydrogens (tertiary/aromatic N) is 1. The SMILES string of the molecule is CCNC(=NCc1ccc(S(C)(=O)=O)cc1)NCCCC(C)C.I. The molecule has 1 aromatic rings. The highest BCUT2D eigenvalue weighted by Crippen LogP contribution is 2.11. The van der Waals surface area contributed by atoms with Crippen LogP contribution >= 0.6 is 24.0 Å². The molecule has 0 bridgehead atoms. The van der Waals surface area contributed by atoms with Crippen molar-refractivity contribution in [3.05, 3.63) is 29.8 Å². The number of guanidine groups is 1. The van der Waals surface area contributed by atoms with E-state index in [1.807, 2.05) is 19.1 Å². The monoisotopic (exact) mass is 467 g/mol. The number of nitrogens with one attached hydrogen (secondary N) is 2. The molecule has 0 spiro atoms. The zero-order chi connectivity index (χ0) is 17.3. The number of aliphatic imine (C=N–C) groups is 1. The van der Waals surface area contributed by atoms with Gasteiger partial charge in [-0.25, -0.2) is 13.4 Å². The second-order valence-electron chi connectivity index (χ2n) is 6.07. The Morgan fingerprint density at radius 2 is 1.79 bits per heavy atom. The van der Waals surface area contributed by atoms with Crippen LogP contribution in [0.15, 0.2) is 34.2 Å². The van der Waals surface area contributed by atoms with E-state index < -0.39 is 9.84 Å². The van der Waals surface area contributed by atoms with Crippen molar-refractivity contribution >= 4 is 39.8 Å². The number of rotatable bonds is 8. The maximum absolute atomic E-state index is 11.4. The fraction of sp³-hybridized carbons (Fsp3) is 0.588. The summed E-state index contributed by atoms with van der Waals surface area (Å²) in [5, 5.41) is 6.54. The van der Waals surface area contributed by atoms with Crippen LogP contribution in [-0.2, 0) is 16.4 Å². The number of benzene rings is 1. The highest BCUT2D eigenvalue weighted by Gasteiger charge is 2.06. The second-order valence-corrected chi connectivity index (χ2v) is 8.09. The highest BCUT2D eigenvalue weighted by atomic mass is 127. The van der Waals surface area contributed by atoms with Crippen LogP contribution in [0.2, 0.25) is 0 Å². The topological polar surface area (TPSA) is 70.6 Å². The van der Waals surface area contributed by atoms with Gasteiger partial charge in [-0.2, -0.15) is 0 Å². The van der Waals surface area contributed by atoms with Gasteiger partial charge in [0, 0.05) is 19.3 Å². The Labute approximate surface area is 163 Å². The smallest absolute Gasteiger partial charge is 0.191 e. The predicted molar refractivity (Wildman–Crippen MR) is 112 cm³/mol. The van der Waals surface area contributed by atoms with E-state index >= 15 is 0 Å². The number of halogens is 1. The summed E-state index contributed by atoms with van der Waals surface area (Å²) >= 11 is 0. The summed E-state index contributed by atoms with van der Waals surface area (Å²) in [6.45, 7) is 8.70. The molecule has 0 fully saturated rings. The molecule has 1 rings (SSSR count). The predicted octanol–water partition coefficient (Wildman–Crippen LogP) is 3.20. The Bertz CT molecular complexity index is 599. The quantitative estimate of drug-likeness (QED) is 0.267. The van der Waals surface area contributed by atoms with E-state index in [9.17, 15) is 8.42 Å². The first-order chi connectivity index (χ1) is 10.8. The highest BCUT2D eigenvalue weighted by molar-refractivity contribution is 14.0. The van der Waals surface area contributed by atoms with Gasteiger partial charge in [0.1, 0.15) is 0 Å². The molecule has 0 amide bonds. The zero-order valence-corrected chi connectivity index (χ0v) is 18.1. The van der Waals surface area contributed by atoms with Gasteiger partial charge in [-0.15, -0.1) is 24.0 Å². The molecule has 0 heterocycles. The van der Waals surface area contributed by atoms with Crippen molar-refractivity contribution < 1.29 is 8.42 Å². The molecule has 0 saturated carbocycles. The standard InChI is InChI=1S/C17H29N3O2S.HI/c1-5-18-17(19-12-6-7-14(2)3)20-13-15-8-10-16(11-9-15)23(4,21)22;/h8-11,14H,5-7,12-13H2,1-4H3,(H2,18,19,20);1H. The molecule has 0 unspecified atom stereocenters. The van der Waals surface area contributed by atoms with Gasteiger partial charge in [0.15, 0.2) is 15.8 Å². The van der Waals surface area contributed by atoms with Gasteiger partial charge < -0.3 is 10.6 Å². The maximum atomic E-state index is 11.4. The van der Waals surface area contributed by atoms with Gasteiger partial charge >= 0.3 is 0 Å². The minimum Gasteiger partial charge on any atom is -0.357 e. The van der Waals surface area contributed by atoms with Crippen LogP contribution < -0.4 is 10.6 Å². The average Bonchev–Trinajstić information content (AvgIpc) is 2.48. The minimum absolute atomic E-state index is 0. The molecule has 1 aromatic carbocycles. The van der Waals surface area contributed by atoms with Crippen LogP contribution in [0.1, 0.15) is 39.2 Å².